The Balaban J connectivity index is 1.93. The lowest BCUT2D eigenvalue weighted by Gasteiger charge is -2.21. The first-order valence-electron chi connectivity index (χ1n) is 5.39. The SMILES string of the molecule is O=C(Nc1ccc(Cl)cn1)C1CCNCC1. The quantitative estimate of drug-likeness (QED) is 0.826. The Bertz CT molecular complexity index is 360. The molecule has 0 aromatic carbocycles. The van der Waals surface area contributed by atoms with Gasteiger partial charge in [0.2, 0.25) is 5.91 Å². The summed E-state index contributed by atoms with van der Waals surface area (Å²) >= 11 is 5.71. The van der Waals surface area contributed by atoms with Crippen LogP contribution in [-0.2, 0) is 4.79 Å². The van der Waals surface area contributed by atoms with Gasteiger partial charge < -0.3 is 10.6 Å². The number of anilines is 1. The van der Waals surface area contributed by atoms with Gasteiger partial charge in [-0.1, -0.05) is 11.6 Å². The van der Waals surface area contributed by atoms with Crippen molar-refractivity contribution in [3.63, 3.8) is 0 Å². The molecule has 1 aromatic heterocycles. The van der Waals surface area contributed by atoms with Crippen LogP contribution in [-0.4, -0.2) is 24.0 Å². The largest absolute Gasteiger partial charge is 0.317 e. The number of nitrogens with zero attached hydrogens (tertiary/aromatic N) is 1. The molecule has 4 nitrogen and oxygen atoms in total. The highest BCUT2D eigenvalue weighted by atomic mass is 35.5. The van der Waals surface area contributed by atoms with Gasteiger partial charge in [-0.05, 0) is 38.1 Å². The molecule has 0 bridgehead atoms. The molecule has 2 N–H and O–H groups in total. The van der Waals surface area contributed by atoms with Crippen LogP contribution in [0.4, 0.5) is 5.82 Å². The van der Waals surface area contributed by atoms with E-state index in [1.54, 1.807) is 12.1 Å². The molecule has 86 valence electrons. The molecular weight excluding hydrogens is 226 g/mol. The minimum Gasteiger partial charge on any atom is -0.317 e. The van der Waals surface area contributed by atoms with Crippen molar-refractivity contribution in [2.75, 3.05) is 18.4 Å². The van der Waals surface area contributed by atoms with Gasteiger partial charge in [0.25, 0.3) is 0 Å². The summed E-state index contributed by atoms with van der Waals surface area (Å²) in [7, 11) is 0. The molecule has 5 heteroatoms. The summed E-state index contributed by atoms with van der Waals surface area (Å²) in [4.78, 5) is 15.9. The van der Waals surface area contributed by atoms with Crippen LogP contribution in [0.25, 0.3) is 0 Å². The highest BCUT2D eigenvalue weighted by Crippen LogP contribution is 2.15. The van der Waals surface area contributed by atoms with E-state index in [0.717, 1.165) is 25.9 Å². The van der Waals surface area contributed by atoms with Crippen molar-refractivity contribution < 1.29 is 4.79 Å². The van der Waals surface area contributed by atoms with Crippen LogP contribution in [0.2, 0.25) is 5.02 Å². The first-order valence-corrected chi connectivity index (χ1v) is 5.76. The second-order valence-electron chi connectivity index (χ2n) is 3.88. The number of hydrogen-bond acceptors (Lipinski definition) is 3. The molecule has 1 aliphatic rings. The van der Waals surface area contributed by atoms with Crippen LogP contribution in [0.5, 0.6) is 0 Å². The van der Waals surface area contributed by atoms with Gasteiger partial charge in [0.1, 0.15) is 5.82 Å². The Morgan fingerprint density at radius 1 is 1.44 bits per heavy atom. The van der Waals surface area contributed by atoms with Gasteiger partial charge in [-0.3, -0.25) is 4.79 Å². The molecular formula is C11H14ClN3O. The van der Waals surface area contributed by atoms with E-state index in [1.165, 1.54) is 6.20 Å². The molecule has 1 aliphatic heterocycles. The van der Waals surface area contributed by atoms with E-state index >= 15 is 0 Å². The first-order chi connectivity index (χ1) is 7.75. The molecule has 0 spiro atoms. The van der Waals surface area contributed by atoms with E-state index in [2.05, 4.69) is 15.6 Å². The standard InChI is InChI=1S/C11H14ClN3O/c12-9-1-2-10(14-7-9)15-11(16)8-3-5-13-6-4-8/h1-2,7-8,13H,3-6H2,(H,14,15,16). The van der Waals surface area contributed by atoms with Gasteiger partial charge in [-0.15, -0.1) is 0 Å². The van der Waals surface area contributed by atoms with Crippen molar-refractivity contribution in [1.29, 1.82) is 0 Å². The van der Waals surface area contributed by atoms with E-state index in [1.807, 2.05) is 0 Å². The lowest BCUT2D eigenvalue weighted by molar-refractivity contribution is -0.120. The van der Waals surface area contributed by atoms with Crippen molar-refractivity contribution >= 4 is 23.3 Å². The summed E-state index contributed by atoms with van der Waals surface area (Å²) in [6.07, 6.45) is 3.30. The van der Waals surface area contributed by atoms with E-state index in [0.29, 0.717) is 10.8 Å². The second kappa shape index (κ2) is 5.27. The minimum atomic E-state index is 0.0522. The number of carbonyl (C=O) groups is 1. The zero-order chi connectivity index (χ0) is 11.4. The van der Waals surface area contributed by atoms with E-state index in [9.17, 15) is 4.79 Å². The Morgan fingerprint density at radius 3 is 2.81 bits per heavy atom. The number of pyridine rings is 1. The van der Waals surface area contributed by atoms with E-state index < -0.39 is 0 Å². The highest BCUT2D eigenvalue weighted by Gasteiger charge is 2.20. The van der Waals surface area contributed by atoms with Crippen molar-refractivity contribution in [2.45, 2.75) is 12.8 Å². The number of carbonyl (C=O) groups excluding carboxylic acids is 1. The smallest absolute Gasteiger partial charge is 0.228 e. The topological polar surface area (TPSA) is 54.0 Å². The molecule has 1 saturated heterocycles. The maximum Gasteiger partial charge on any atom is 0.228 e. The molecule has 1 amide bonds. The molecule has 0 aliphatic carbocycles. The maximum atomic E-state index is 11.8. The second-order valence-corrected chi connectivity index (χ2v) is 4.31. The molecule has 1 fully saturated rings. The highest BCUT2D eigenvalue weighted by molar-refractivity contribution is 6.30. The first kappa shape index (κ1) is 11.4. The van der Waals surface area contributed by atoms with E-state index in [4.69, 9.17) is 11.6 Å². The minimum absolute atomic E-state index is 0.0522. The van der Waals surface area contributed by atoms with Gasteiger partial charge in [-0.2, -0.15) is 0 Å². The third-order valence-electron chi connectivity index (χ3n) is 2.69. The summed E-state index contributed by atoms with van der Waals surface area (Å²) in [5, 5.41) is 6.60. The lowest BCUT2D eigenvalue weighted by Crippen LogP contribution is -2.34. The van der Waals surface area contributed by atoms with Crippen LogP contribution >= 0.6 is 11.6 Å². The average molecular weight is 240 g/mol. The fourth-order valence-corrected chi connectivity index (χ4v) is 1.87. The van der Waals surface area contributed by atoms with Gasteiger partial charge in [0.05, 0.1) is 5.02 Å². The Labute approximate surface area is 99.4 Å². The maximum absolute atomic E-state index is 11.8. The predicted octanol–water partition coefficient (Wildman–Crippen LogP) is 1.67. The number of hydrogen-bond donors (Lipinski definition) is 2. The summed E-state index contributed by atoms with van der Waals surface area (Å²) in [5.74, 6) is 0.711. The number of halogens is 1. The number of aromatic nitrogens is 1. The van der Waals surface area contributed by atoms with Gasteiger partial charge >= 0.3 is 0 Å². The fourth-order valence-electron chi connectivity index (χ4n) is 1.76. The number of rotatable bonds is 2. The normalized spacial score (nSPS) is 17.1. The van der Waals surface area contributed by atoms with Gasteiger partial charge in [-0.25, -0.2) is 4.98 Å². The fraction of sp³-hybridized carbons (Fsp3) is 0.455. The van der Waals surface area contributed by atoms with Crippen LogP contribution in [0, 0.1) is 5.92 Å². The van der Waals surface area contributed by atoms with Gasteiger partial charge in [0.15, 0.2) is 0 Å². The molecule has 0 saturated carbocycles. The Kier molecular flexibility index (Phi) is 3.74. The zero-order valence-corrected chi connectivity index (χ0v) is 9.63. The Hall–Kier alpha value is -1.13. The summed E-state index contributed by atoms with van der Waals surface area (Å²) in [5.41, 5.74) is 0. The molecule has 0 atom stereocenters. The van der Waals surface area contributed by atoms with Crippen LogP contribution in [0.1, 0.15) is 12.8 Å². The number of nitrogens with one attached hydrogen (secondary N) is 2. The predicted molar refractivity (Wildman–Crippen MR) is 63.5 cm³/mol. The van der Waals surface area contributed by atoms with Crippen LogP contribution in [0.3, 0.4) is 0 Å². The molecule has 0 radical (unpaired) electrons. The van der Waals surface area contributed by atoms with Crippen molar-refractivity contribution in [3.05, 3.63) is 23.4 Å². The summed E-state index contributed by atoms with van der Waals surface area (Å²) in [6, 6.07) is 3.42. The molecule has 1 aromatic rings. The molecule has 2 heterocycles. The summed E-state index contributed by atoms with van der Waals surface area (Å²) < 4.78 is 0. The van der Waals surface area contributed by atoms with Crippen molar-refractivity contribution in [2.24, 2.45) is 5.92 Å². The third-order valence-corrected chi connectivity index (χ3v) is 2.91. The average Bonchev–Trinajstić information content (AvgIpc) is 2.33. The van der Waals surface area contributed by atoms with Crippen molar-refractivity contribution in [3.8, 4) is 0 Å². The van der Waals surface area contributed by atoms with Crippen LogP contribution in [0.15, 0.2) is 18.3 Å². The number of amides is 1. The monoisotopic (exact) mass is 239 g/mol. The Morgan fingerprint density at radius 2 is 2.19 bits per heavy atom. The lowest BCUT2D eigenvalue weighted by atomic mass is 9.97. The molecule has 16 heavy (non-hydrogen) atoms. The van der Waals surface area contributed by atoms with E-state index in [-0.39, 0.29) is 11.8 Å². The molecule has 0 unspecified atom stereocenters. The number of piperidine rings is 1. The molecule has 2 rings (SSSR count). The van der Waals surface area contributed by atoms with Crippen LogP contribution < -0.4 is 10.6 Å². The zero-order valence-electron chi connectivity index (χ0n) is 8.87. The van der Waals surface area contributed by atoms with Crippen molar-refractivity contribution in [1.82, 2.24) is 10.3 Å². The van der Waals surface area contributed by atoms with Gasteiger partial charge in [0, 0.05) is 12.1 Å². The third kappa shape index (κ3) is 2.93. The summed E-state index contributed by atoms with van der Waals surface area (Å²) in [6.45, 7) is 1.82.